The van der Waals surface area contributed by atoms with Crippen LogP contribution in [0.25, 0.3) is 11.1 Å². The van der Waals surface area contributed by atoms with Crippen LogP contribution in [0.5, 0.6) is 5.88 Å². The number of urea groups is 1. The maximum atomic E-state index is 13.6. The molecule has 2 N–H and O–H groups in total. The van der Waals surface area contributed by atoms with Gasteiger partial charge in [0.25, 0.3) is 5.91 Å². The number of carbonyl (C=O) groups is 2. The number of rotatable bonds is 6. The molecule has 0 saturated carbocycles. The lowest BCUT2D eigenvalue weighted by Gasteiger charge is -2.37. The van der Waals surface area contributed by atoms with Gasteiger partial charge < -0.3 is 25.0 Å². The van der Waals surface area contributed by atoms with Gasteiger partial charge in [-0.3, -0.25) is 9.78 Å². The molecule has 3 aromatic rings. The second kappa shape index (κ2) is 11.3. The molecule has 2 aromatic heterocycles. The number of fused-ring (bicyclic) bond motifs is 1. The first-order valence-electron chi connectivity index (χ1n) is 12.0. The number of hydrogen-bond donors (Lipinski definition) is 2. The molecule has 194 valence electrons. The van der Waals surface area contributed by atoms with Crippen LogP contribution in [0, 0.1) is 11.7 Å². The molecule has 3 amide bonds. The van der Waals surface area contributed by atoms with E-state index >= 15 is 0 Å². The van der Waals surface area contributed by atoms with E-state index in [9.17, 15) is 19.1 Å². The Bertz CT molecular complexity index is 1240. The van der Waals surface area contributed by atoms with Crippen molar-refractivity contribution in [2.45, 2.75) is 26.0 Å². The number of anilines is 1. The van der Waals surface area contributed by atoms with E-state index in [1.807, 2.05) is 13.0 Å². The molecule has 0 bridgehead atoms. The van der Waals surface area contributed by atoms with E-state index in [0.29, 0.717) is 17.8 Å². The van der Waals surface area contributed by atoms with Crippen molar-refractivity contribution >= 4 is 17.6 Å². The van der Waals surface area contributed by atoms with Crippen LogP contribution in [0.4, 0.5) is 14.9 Å². The van der Waals surface area contributed by atoms with Crippen LogP contribution in [0.15, 0.2) is 61.1 Å². The number of carbonyl (C=O) groups excluding carboxylic acids is 2. The lowest BCUT2D eigenvalue weighted by atomic mass is 9.99. The fourth-order valence-electron chi connectivity index (χ4n) is 4.12. The summed E-state index contributed by atoms with van der Waals surface area (Å²) in [5.41, 5.74) is 2.25. The van der Waals surface area contributed by atoms with Crippen LogP contribution in [-0.2, 0) is 0 Å². The number of nitrogens with zero attached hydrogens (tertiary/aromatic N) is 4. The zero-order valence-corrected chi connectivity index (χ0v) is 21.0. The van der Waals surface area contributed by atoms with Gasteiger partial charge in [0.05, 0.1) is 19.2 Å². The summed E-state index contributed by atoms with van der Waals surface area (Å²) in [7, 11) is 1.63. The van der Waals surface area contributed by atoms with Crippen molar-refractivity contribution in [1.82, 2.24) is 19.8 Å². The molecule has 10 heteroatoms. The normalized spacial score (nSPS) is 18.2. The number of nitrogens with one attached hydrogen (secondary N) is 1. The molecule has 0 spiro atoms. The van der Waals surface area contributed by atoms with Crippen molar-refractivity contribution in [2.24, 2.45) is 5.92 Å². The van der Waals surface area contributed by atoms with Gasteiger partial charge in [-0.1, -0.05) is 13.0 Å². The average Bonchev–Trinajstić information content (AvgIpc) is 2.91. The van der Waals surface area contributed by atoms with Crippen molar-refractivity contribution < 1.29 is 23.8 Å². The quantitative estimate of drug-likeness (QED) is 0.527. The lowest BCUT2D eigenvalue weighted by molar-refractivity contribution is 0.0356. The number of aliphatic hydroxyl groups is 1. The lowest BCUT2D eigenvalue weighted by Crippen LogP contribution is -2.50. The number of likely N-dealkylation sites (N-methyl/N-ethyl adjacent to an activating group) is 1. The topological polar surface area (TPSA) is 108 Å². The van der Waals surface area contributed by atoms with E-state index in [0.717, 1.165) is 5.56 Å². The Labute approximate surface area is 214 Å². The molecule has 3 atom stereocenters. The Morgan fingerprint density at radius 2 is 2.03 bits per heavy atom. The van der Waals surface area contributed by atoms with Crippen molar-refractivity contribution in [2.75, 3.05) is 32.1 Å². The minimum Gasteiger partial charge on any atom is -0.472 e. The van der Waals surface area contributed by atoms with Crippen LogP contribution >= 0.6 is 0 Å². The molecule has 1 aliphatic rings. The van der Waals surface area contributed by atoms with E-state index in [-0.39, 0.29) is 42.5 Å². The average molecular weight is 508 g/mol. The SMILES string of the molecule is C[C@H]1CN([C@@H](C)CO)C(=O)c2cc(-c3cccnc3)cnc2O[C@@H]1CN(C)C(=O)Nc1ccc(F)cc1. The number of aliphatic hydroxyl groups excluding tert-OH is 1. The molecular weight excluding hydrogens is 477 g/mol. The van der Waals surface area contributed by atoms with Gasteiger partial charge in [-0.05, 0) is 43.3 Å². The summed E-state index contributed by atoms with van der Waals surface area (Å²) in [6, 6.07) is 10.1. The highest BCUT2D eigenvalue weighted by Gasteiger charge is 2.34. The molecule has 1 aromatic carbocycles. The molecule has 0 aliphatic carbocycles. The number of halogens is 1. The van der Waals surface area contributed by atoms with Gasteiger partial charge in [0, 0.05) is 54.9 Å². The summed E-state index contributed by atoms with van der Waals surface area (Å²) < 4.78 is 19.4. The first kappa shape index (κ1) is 26.0. The first-order valence-corrected chi connectivity index (χ1v) is 12.0. The molecule has 9 nitrogen and oxygen atoms in total. The molecule has 3 heterocycles. The Kier molecular flexibility index (Phi) is 7.98. The number of ether oxygens (including phenoxy) is 1. The highest BCUT2D eigenvalue weighted by molar-refractivity contribution is 5.98. The third-order valence-corrected chi connectivity index (χ3v) is 6.41. The summed E-state index contributed by atoms with van der Waals surface area (Å²) in [5, 5.41) is 12.6. The predicted molar refractivity (Wildman–Crippen MR) is 137 cm³/mol. The fraction of sp³-hybridized carbons (Fsp3) is 0.333. The summed E-state index contributed by atoms with van der Waals surface area (Å²) >= 11 is 0. The smallest absolute Gasteiger partial charge is 0.321 e. The van der Waals surface area contributed by atoms with Crippen LogP contribution in [0.3, 0.4) is 0 Å². The number of pyridine rings is 2. The third kappa shape index (κ3) is 6.03. The monoisotopic (exact) mass is 507 g/mol. The van der Waals surface area contributed by atoms with Crippen LogP contribution in [0.2, 0.25) is 0 Å². The van der Waals surface area contributed by atoms with Gasteiger partial charge in [0.1, 0.15) is 17.5 Å². The second-order valence-electron chi connectivity index (χ2n) is 9.26. The minimum absolute atomic E-state index is 0.164. The predicted octanol–water partition coefficient (Wildman–Crippen LogP) is 3.67. The van der Waals surface area contributed by atoms with Gasteiger partial charge in [-0.25, -0.2) is 14.2 Å². The van der Waals surface area contributed by atoms with Crippen LogP contribution in [-0.4, -0.2) is 75.7 Å². The Balaban J connectivity index is 1.61. The molecule has 0 saturated heterocycles. The standard InChI is InChI=1S/C27H30FN5O4/c1-17-14-33(18(2)16-34)26(35)23-11-20(19-5-4-10-29-12-19)13-30-25(23)37-24(17)15-32(3)27(36)31-22-8-6-21(28)7-9-22/h4-13,17-18,24,34H,14-16H2,1-3H3,(H,31,36)/t17-,18-,24+/m0/s1. The van der Waals surface area contributed by atoms with Crippen molar-refractivity contribution in [3.63, 3.8) is 0 Å². The van der Waals surface area contributed by atoms with Gasteiger partial charge >= 0.3 is 6.03 Å². The van der Waals surface area contributed by atoms with Crippen molar-refractivity contribution in [1.29, 1.82) is 0 Å². The Morgan fingerprint density at radius 3 is 2.70 bits per heavy atom. The van der Waals surface area contributed by atoms with E-state index in [1.54, 1.807) is 49.6 Å². The molecule has 4 rings (SSSR count). The van der Waals surface area contributed by atoms with Crippen LogP contribution in [0.1, 0.15) is 24.2 Å². The summed E-state index contributed by atoms with van der Waals surface area (Å²) in [5.74, 6) is -0.705. The molecule has 0 unspecified atom stereocenters. The van der Waals surface area contributed by atoms with Gasteiger partial charge in [-0.2, -0.15) is 0 Å². The van der Waals surface area contributed by atoms with Gasteiger partial charge in [-0.15, -0.1) is 0 Å². The van der Waals surface area contributed by atoms with E-state index in [1.165, 1.54) is 29.2 Å². The van der Waals surface area contributed by atoms with Crippen LogP contribution < -0.4 is 10.1 Å². The van der Waals surface area contributed by atoms with E-state index < -0.39 is 18.0 Å². The number of hydrogen-bond acceptors (Lipinski definition) is 6. The minimum atomic E-state index is -0.499. The maximum absolute atomic E-state index is 13.6. The van der Waals surface area contributed by atoms with E-state index in [4.69, 9.17) is 4.74 Å². The largest absolute Gasteiger partial charge is 0.472 e. The molecule has 37 heavy (non-hydrogen) atoms. The highest BCUT2D eigenvalue weighted by atomic mass is 19.1. The first-order chi connectivity index (χ1) is 17.8. The fourth-order valence-corrected chi connectivity index (χ4v) is 4.12. The molecular formula is C27H30FN5O4. The van der Waals surface area contributed by atoms with Crippen molar-refractivity contribution in [3.8, 4) is 17.0 Å². The van der Waals surface area contributed by atoms with Gasteiger partial charge in [0.2, 0.25) is 5.88 Å². The summed E-state index contributed by atoms with van der Waals surface area (Å²) in [4.78, 5) is 38.0. The zero-order valence-electron chi connectivity index (χ0n) is 21.0. The van der Waals surface area contributed by atoms with E-state index in [2.05, 4.69) is 15.3 Å². The number of benzene rings is 1. The summed E-state index contributed by atoms with van der Waals surface area (Å²) in [6.07, 6.45) is 4.47. The van der Waals surface area contributed by atoms with Gasteiger partial charge in [0.15, 0.2) is 0 Å². The van der Waals surface area contributed by atoms with Crippen molar-refractivity contribution in [3.05, 3.63) is 72.4 Å². The third-order valence-electron chi connectivity index (χ3n) is 6.41. The zero-order chi connectivity index (χ0) is 26.5. The number of aromatic nitrogens is 2. The summed E-state index contributed by atoms with van der Waals surface area (Å²) in [6.45, 7) is 4.03. The maximum Gasteiger partial charge on any atom is 0.321 e. The number of amides is 3. The Hall–Kier alpha value is -4.05. The second-order valence-corrected chi connectivity index (χ2v) is 9.26. The highest BCUT2D eigenvalue weighted by Crippen LogP contribution is 2.30. The Morgan fingerprint density at radius 1 is 1.27 bits per heavy atom. The molecule has 0 fully saturated rings. The molecule has 1 aliphatic heterocycles. The molecule has 0 radical (unpaired) electrons.